The van der Waals surface area contributed by atoms with Crippen LogP contribution in [0.15, 0.2) is 24.3 Å². The van der Waals surface area contributed by atoms with E-state index in [9.17, 15) is 19.5 Å². The number of benzene rings is 1. The van der Waals surface area contributed by atoms with Gasteiger partial charge < -0.3 is 25.3 Å². The molecule has 3 rings (SSSR count). The Morgan fingerprint density at radius 1 is 1.11 bits per heavy atom. The minimum Gasteiger partial charge on any atom is -0.550 e. The van der Waals surface area contributed by atoms with Gasteiger partial charge in [0.05, 0.1) is 12.2 Å². The van der Waals surface area contributed by atoms with E-state index in [4.69, 9.17) is 4.74 Å². The molecular weight excluding hydrogens is 380 g/mol. The highest BCUT2D eigenvalue weighted by Gasteiger charge is 2.27. The molecule has 1 aliphatic carbocycles. The molecule has 0 atom stereocenters. The van der Waals surface area contributed by atoms with Crippen LogP contribution >= 0.6 is 11.3 Å². The van der Waals surface area contributed by atoms with E-state index in [0.29, 0.717) is 22.9 Å². The number of nitrogens with one attached hydrogen (secondary N) is 2. The molecule has 8 heteroatoms. The zero-order valence-corrected chi connectivity index (χ0v) is 16.3. The molecule has 0 aliphatic heterocycles. The molecule has 0 bridgehead atoms. The van der Waals surface area contributed by atoms with Crippen molar-refractivity contribution < 1.29 is 24.2 Å². The highest BCUT2D eigenvalue weighted by atomic mass is 32.1. The lowest BCUT2D eigenvalue weighted by molar-refractivity contribution is -0.305. The molecule has 1 aromatic carbocycles. The molecule has 0 spiro atoms. The van der Waals surface area contributed by atoms with Gasteiger partial charge in [-0.15, -0.1) is 11.3 Å². The van der Waals surface area contributed by atoms with Gasteiger partial charge in [0.2, 0.25) is 5.91 Å². The van der Waals surface area contributed by atoms with Crippen LogP contribution < -0.4 is 20.5 Å². The maximum atomic E-state index is 12.9. The number of carbonyl (C=O) groups is 3. The first kappa shape index (κ1) is 19.9. The third-order valence-corrected chi connectivity index (χ3v) is 5.59. The smallest absolute Gasteiger partial charge is 0.258 e. The third kappa shape index (κ3) is 4.69. The Balaban J connectivity index is 1.76. The first-order chi connectivity index (χ1) is 13.5. The normalized spacial score (nSPS) is 12.3. The second kappa shape index (κ2) is 8.88. The van der Waals surface area contributed by atoms with Gasteiger partial charge in [-0.05, 0) is 62.4 Å². The number of anilines is 2. The molecule has 1 heterocycles. The van der Waals surface area contributed by atoms with Gasteiger partial charge in [-0.25, -0.2) is 0 Å². The van der Waals surface area contributed by atoms with Crippen molar-refractivity contribution in [1.82, 2.24) is 0 Å². The van der Waals surface area contributed by atoms with Crippen molar-refractivity contribution in [3.63, 3.8) is 0 Å². The SMILES string of the molecule is CCOc1ccc(NC(=O)c2c(NC(=O)CCC(=O)[O-])sc3c2CCC3)cc1. The fraction of sp³-hybridized carbons (Fsp3) is 0.350. The fourth-order valence-electron chi connectivity index (χ4n) is 3.13. The lowest BCUT2D eigenvalue weighted by Gasteiger charge is -2.10. The van der Waals surface area contributed by atoms with E-state index < -0.39 is 11.9 Å². The molecule has 2 amide bonds. The van der Waals surface area contributed by atoms with E-state index in [2.05, 4.69) is 10.6 Å². The van der Waals surface area contributed by atoms with Gasteiger partial charge in [0.1, 0.15) is 10.8 Å². The Bertz CT molecular complexity index is 889. The third-order valence-electron chi connectivity index (χ3n) is 4.38. The number of thiophene rings is 1. The summed E-state index contributed by atoms with van der Waals surface area (Å²) in [7, 11) is 0. The van der Waals surface area contributed by atoms with Gasteiger partial charge in [0.25, 0.3) is 5.91 Å². The maximum absolute atomic E-state index is 12.9. The van der Waals surface area contributed by atoms with Crippen molar-refractivity contribution in [3.8, 4) is 5.75 Å². The van der Waals surface area contributed by atoms with Gasteiger partial charge >= 0.3 is 0 Å². The van der Waals surface area contributed by atoms with Crippen LogP contribution in [-0.4, -0.2) is 24.4 Å². The van der Waals surface area contributed by atoms with E-state index in [1.807, 2.05) is 6.92 Å². The maximum Gasteiger partial charge on any atom is 0.258 e. The summed E-state index contributed by atoms with van der Waals surface area (Å²) in [6, 6.07) is 7.07. The minimum atomic E-state index is -1.28. The van der Waals surface area contributed by atoms with E-state index in [1.165, 1.54) is 11.3 Å². The van der Waals surface area contributed by atoms with Gasteiger partial charge in [-0.2, -0.15) is 0 Å². The second-order valence-corrected chi connectivity index (χ2v) is 7.50. The molecule has 148 valence electrons. The molecular formula is C20H21N2O5S-. The monoisotopic (exact) mass is 401 g/mol. The Morgan fingerprint density at radius 2 is 1.86 bits per heavy atom. The van der Waals surface area contributed by atoms with E-state index >= 15 is 0 Å². The fourth-order valence-corrected chi connectivity index (χ4v) is 4.43. The number of rotatable bonds is 8. The molecule has 0 fully saturated rings. The number of fused-ring (bicyclic) bond motifs is 1. The molecule has 28 heavy (non-hydrogen) atoms. The average Bonchev–Trinajstić information content (AvgIpc) is 3.22. The zero-order valence-electron chi connectivity index (χ0n) is 15.5. The van der Waals surface area contributed by atoms with Crippen molar-refractivity contribution in [3.05, 3.63) is 40.3 Å². The number of ether oxygens (including phenoxy) is 1. The lowest BCUT2D eigenvalue weighted by atomic mass is 10.1. The van der Waals surface area contributed by atoms with Crippen LogP contribution in [0.5, 0.6) is 5.75 Å². The number of hydrogen-bond donors (Lipinski definition) is 2. The van der Waals surface area contributed by atoms with Gasteiger partial charge in [-0.3, -0.25) is 9.59 Å². The largest absolute Gasteiger partial charge is 0.550 e. The lowest BCUT2D eigenvalue weighted by Crippen LogP contribution is -2.24. The summed E-state index contributed by atoms with van der Waals surface area (Å²) in [6.07, 6.45) is 2.09. The number of aryl methyl sites for hydroxylation is 1. The van der Waals surface area contributed by atoms with Crippen molar-refractivity contribution in [2.75, 3.05) is 17.2 Å². The van der Waals surface area contributed by atoms with Crippen LogP contribution in [0.1, 0.15) is 47.0 Å². The number of carboxylic acid groups (broad SMARTS) is 1. The molecule has 0 radical (unpaired) electrons. The summed E-state index contributed by atoms with van der Waals surface area (Å²) in [4.78, 5) is 36.6. The summed E-state index contributed by atoms with van der Waals surface area (Å²) in [5.74, 6) is -1.30. The quantitative estimate of drug-likeness (QED) is 0.706. The summed E-state index contributed by atoms with van der Waals surface area (Å²) >= 11 is 1.38. The molecule has 0 saturated heterocycles. The zero-order chi connectivity index (χ0) is 20.1. The first-order valence-electron chi connectivity index (χ1n) is 9.16. The minimum absolute atomic E-state index is 0.190. The average molecular weight is 401 g/mol. The first-order valence-corrected chi connectivity index (χ1v) is 9.98. The van der Waals surface area contributed by atoms with Crippen LogP contribution in [0.3, 0.4) is 0 Å². The van der Waals surface area contributed by atoms with Crippen molar-refractivity contribution in [1.29, 1.82) is 0 Å². The van der Waals surface area contributed by atoms with Crippen LogP contribution in [0.25, 0.3) is 0 Å². The summed E-state index contributed by atoms with van der Waals surface area (Å²) < 4.78 is 5.40. The van der Waals surface area contributed by atoms with Crippen molar-refractivity contribution in [2.24, 2.45) is 0 Å². The number of amides is 2. The highest BCUT2D eigenvalue weighted by Crippen LogP contribution is 2.39. The standard InChI is InChI=1S/C20H22N2O5S/c1-2-27-13-8-6-12(7-9-13)21-19(26)18-14-4-3-5-15(14)28-20(18)22-16(23)10-11-17(24)25/h6-9H,2-5,10-11H2,1H3,(H,21,26)(H,22,23)(H,24,25)/p-1. The van der Waals surface area contributed by atoms with Crippen LogP contribution in [-0.2, 0) is 22.4 Å². The predicted molar refractivity (Wildman–Crippen MR) is 105 cm³/mol. The van der Waals surface area contributed by atoms with Gasteiger partial charge in [-0.1, -0.05) is 0 Å². The highest BCUT2D eigenvalue weighted by molar-refractivity contribution is 7.17. The summed E-state index contributed by atoms with van der Waals surface area (Å²) in [6.45, 7) is 2.46. The molecule has 1 aromatic heterocycles. The molecule has 7 nitrogen and oxygen atoms in total. The Kier molecular flexibility index (Phi) is 6.30. The number of carbonyl (C=O) groups excluding carboxylic acids is 3. The van der Waals surface area contributed by atoms with Crippen LogP contribution in [0.2, 0.25) is 0 Å². The van der Waals surface area contributed by atoms with E-state index in [0.717, 1.165) is 35.5 Å². The second-order valence-electron chi connectivity index (χ2n) is 6.39. The Hall–Kier alpha value is -2.87. The topological polar surface area (TPSA) is 108 Å². The van der Waals surface area contributed by atoms with Crippen LogP contribution in [0, 0.1) is 0 Å². The molecule has 2 N–H and O–H groups in total. The van der Waals surface area contributed by atoms with Crippen molar-refractivity contribution in [2.45, 2.75) is 39.0 Å². The van der Waals surface area contributed by atoms with Gasteiger partial charge in [0, 0.05) is 23.0 Å². The Morgan fingerprint density at radius 3 is 2.54 bits per heavy atom. The van der Waals surface area contributed by atoms with Crippen LogP contribution in [0.4, 0.5) is 10.7 Å². The molecule has 0 saturated carbocycles. The number of hydrogen-bond acceptors (Lipinski definition) is 6. The predicted octanol–water partition coefficient (Wildman–Crippen LogP) is 2.36. The number of aliphatic carboxylic acids is 1. The van der Waals surface area contributed by atoms with Gasteiger partial charge in [0.15, 0.2) is 0 Å². The molecule has 1 aliphatic rings. The molecule has 2 aromatic rings. The summed E-state index contributed by atoms with van der Waals surface area (Å²) in [5.41, 5.74) is 2.05. The molecule has 0 unspecified atom stereocenters. The van der Waals surface area contributed by atoms with E-state index in [1.54, 1.807) is 24.3 Å². The van der Waals surface area contributed by atoms with Crippen molar-refractivity contribution >= 4 is 39.8 Å². The Labute approximate surface area is 166 Å². The summed E-state index contributed by atoms with van der Waals surface area (Å²) in [5, 5.41) is 16.6. The van der Waals surface area contributed by atoms with E-state index in [-0.39, 0.29) is 18.7 Å². The number of carboxylic acids is 1.